The van der Waals surface area contributed by atoms with Crippen molar-refractivity contribution in [3.63, 3.8) is 0 Å². The van der Waals surface area contributed by atoms with Crippen molar-refractivity contribution in [2.45, 2.75) is 31.1 Å². The zero-order valence-corrected chi connectivity index (χ0v) is 18.4. The topological polar surface area (TPSA) is 120 Å². The molecule has 5 N–H and O–H groups in total. The summed E-state index contributed by atoms with van der Waals surface area (Å²) < 4.78 is 6.18. The highest BCUT2D eigenvalue weighted by atomic mass is 16.5. The van der Waals surface area contributed by atoms with E-state index in [0.717, 1.165) is 19.1 Å². The summed E-state index contributed by atoms with van der Waals surface area (Å²) in [6, 6.07) is 16.6. The molecule has 1 fully saturated rings. The highest BCUT2D eigenvalue weighted by molar-refractivity contribution is 6.01. The van der Waals surface area contributed by atoms with Crippen molar-refractivity contribution in [3.8, 4) is 0 Å². The van der Waals surface area contributed by atoms with Crippen molar-refractivity contribution in [1.82, 2.24) is 10.2 Å². The van der Waals surface area contributed by atoms with Gasteiger partial charge in [0, 0.05) is 13.1 Å². The number of ether oxygens (including phenoxy) is 1. The molecule has 1 saturated heterocycles. The molecule has 0 radical (unpaired) electrons. The number of carbonyl (C=O) groups excluding carboxylic acids is 2. The number of hydrogen-bond acceptors (Lipinski definition) is 4. The first-order chi connectivity index (χ1) is 16.0. The van der Waals surface area contributed by atoms with Crippen LogP contribution >= 0.6 is 0 Å². The summed E-state index contributed by atoms with van der Waals surface area (Å²) in [7, 11) is 0. The highest BCUT2D eigenvalue weighted by Crippen LogP contribution is 2.43. The molecule has 2 aromatic rings. The average molecular weight is 450 g/mol. The fourth-order valence-electron chi connectivity index (χ4n) is 4.52. The standard InChI is InChI=1S/C25H28N4O4/c26-21(10-15-30)28-24(32)23(18-6-2-1-3-7-18)27-16-22(31)29-13-11-25(12-14-29)20-9-5-4-8-19(20)17-33-25/h1-10,15,23,27,30H,11-14,16-17H2,(H2,26,28,32)/p+1/b15-10-/t23-/m1/s1. The zero-order valence-electron chi connectivity index (χ0n) is 18.4. The van der Waals surface area contributed by atoms with Crippen LogP contribution in [0.3, 0.4) is 0 Å². The van der Waals surface area contributed by atoms with Gasteiger partial charge in [-0.3, -0.25) is 14.9 Å². The Labute approximate surface area is 192 Å². The number of hydrogen-bond donors (Lipinski definition) is 2. The maximum absolute atomic E-state index is 12.9. The van der Waals surface area contributed by atoms with Crippen LogP contribution in [-0.4, -0.2) is 47.3 Å². The summed E-state index contributed by atoms with van der Waals surface area (Å²) in [4.78, 5) is 31.3. The minimum atomic E-state index is -0.811. The van der Waals surface area contributed by atoms with Crippen LogP contribution in [0.4, 0.5) is 0 Å². The largest absolute Gasteiger partial charge is 0.598 e. The number of benzene rings is 2. The predicted octanol–water partition coefficient (Wildman–Crippen LogP) is 1.49. The number of carbonyl (C=O) groups is 2. The fraction of sp³-hybridized carbons (Fsp3) is 0.320. The number of nitrogens with two attached hydrogens (primary N) is 1. The number of piperidine rings is 1. The molecule has 8 heteroatoms. The van der Waals surface area contributed by atoms with Gasteiger partial charge in [-0.05, 0) is 29.5 Å². The van der Waals surface area contributed by atoms with E-state index in [0.29, 0.717) is 25.3 Å². The molecule has 1 spiro atoms. The molecule has 2 aromatic carbocycles. The lowest BCUT2D eigenvalue weighted by atomic mass is 9.84. The predicted molar refractivity (Wildman–Crippen MR) is 125 cm³/mol. The SMILES string of the molecule is NC(/C=C\[OH2+])=NC(=O)[C@H](NCC(=O)N1CCC2(CC1)OCc1ccccc12)c1ccccc1. The summed E-state index contributed by atoms with van der Waals surface area (Å²) in [5.41, 5.74) is 8.52. The van der Waals surface area contributed by atoms with Gasteiger partial charge in [-0.25, -0.2) is 0 Å². The molecule has 0 aliphatic carbocycles. The second-order valence-corrected chi connectivity index (χ2v) is 8.25. The Kier molecular flexibility index (Phi) is 6.86. The van der Waals surface area contributed by atoms with E-state index in [1.807, 2.05) is 35.2 Å². The van der Waals surface area contributed by atoms with Crippen LogP contribution in [0.5, 0.6) is 0 Å². The molecule has 1 atom stereocenters. The fourth-order valence-corrected chi connectivity index (χ4v) is 4.52. The van der Waals surface area contributed by atoms with E-state index in [9.17, 15) is 9.59 Å². The third-order valence-corrected chi connectivity index (χ3v) is 6.27. The monoisotopic (exact) mass is 449 g/mol. The summed E-state index contributed by atoms with van der Waals surface area (Å²) in [5, 5.41) is 10.1. The number of likely N-dealkylation sites (tertiary alicyclic amines) is 1. The molecule has 172 valence electrons. The van der Waals surface area contributed by atoms with Crippen LogP contribution in [0, 0.1) is 0 Å². The third-order valence-electron chi connectivity index (χ3n) is 6.27. The number of nitrogens with zero attached hydrogens (tertiary/aromatic N) is 2. The van der Waals surface area contributed by atoms with E-state index in [2.05, 4.69) is 22.4 Å². The van der Waals surface area contributed by atoms with Crippen LogP contribution in [-0.2, 0) is 26.5 Å². The smallest absolute Gasteiger partial charge is 0.269 e. The van der Waals surface area contributed by atoms with Crippen molar-refractivity contribution in [2.75, 3.05) is 19.6 Å². The van der Waals surface area contributed by atoms with Gasteiger partial charge in [0.1, 0.15) is 11.9 Å². The second-order valence-electron chi connectivity index (χ2n) is 8.25. The van der Waals surface area contributed by atoms with E-state index in [1.54, 1.807) is 12.1 Å². The lowest BCUT2D eigenvalue weighted by Crippen LogP contribution is -2.48. The minimum absolute atomic E-state index is 0.000542. The van der Waals surface area contributed by atoms with Gasteiger partial charge in [0.05, 0.1) is 24.8 Å². The van der Waals surface area contributed by atoms with Crippen molar-refractivity contribution in [2.24, 2.45) is 10.7 Å². The first-order valence-corrected chi connectivity index (χ1v) is 11.0. The molecule has 2 amide bonds. The molecule has 2 aliphatic rings. The number of fused-ring (bicyclic) bond motifs is 2. The molecule has 0 bridgehead atoms. The molecular formula is C25H29N4O4+. The van der Waals surface area contributed by atoms with E-state index >= 15 is 0 Å². The number of aliphatic imine (C=N–C) groups is 1. The van der Waals surface area contributed by atoms with Crippen LogP contribution in [0.1, 0.15) is 35.6 Å². The van der Waals surface area contributed by atoms with Gasteiger partial charge in [0.2, 0.25) is 12.2 Å². The number of amidine groups is 1. The summed E-state index contributed by atoms with van der Waals surface area (Å²) in [6.45, 7) is 1.81. The van der Waals surface area contributed by atoms with Gasteiger partial charge in [-0.2, -0.15) is 4.99 Å². The zero-order chi connectivity index (χ0) is 23.3. The van der Waals surface area contributed by atoms with Crippen molar-refractivity contribution in [3.05, 3.63) is 83.6 Å². The Bertz CT molecular complexity index is 1060. The molecule has 33 heavy (non-hydrogen) atoms. The van der Waals surface area contributed by atoms with Crippen molar-refractivity contribution < 1.29 is 19.4 Å². The Balaban J connectivity index is 1.39. The van der Waals surface area contributed by atoms with E-state index in [4.69, 9.17) is 15.6 Å². The lowest BCUT2D eigenvalue weighted by molar-refractivity contribution is -0.137. The highest BCUT2D eigenvalue weighted by Gasteiger charge is 2.43. The molecule has 0 unspecified atom stereocenters. The lowest BCUT2D eigenvalue weighted by Gasteiger charge is -2.39. The Morgan fingerprint density at radius 1 is 1.15 bits per heavy atom. The third kappa shape index (κ3) is 4.97. The number of rotatable bonds is 6. The van der Waals surface area contributed by atoms with Crippen LogP contribution in [0.2, 0.25) is 0 Å². The molecule has 4 rings (SSSR count). The van der Waals surface area contributed by atoms with Gasteiger partial charge in [-0.15, -0.1) is 0 Å². The van der Waals surface area contributed by atoms with Crippen LogP contribution in [0.15, 0.2) is 71.9 Å². The first-order valence-electron chi connectivity index (χ1n) is 11.0. The number of amides is 2. The molecule has 2 aliphatic heterocycles. The molecular weight excluding hydrogens is 420 g/mol. The Hall–Kier alpha value is -3.49. The van der Waals surface area contributed by atoms with Gasteiger partial charge in [0.15, 0.2) is 0 Å². The number of nitrogens with one attached hydrogen (secondary N) is 1. The maximum Gasteiger partial charge on any atom is 0.269 e. The molecule has 8 nitrogen and oxygen atoms in total. The van der Waals surface area contributed by atoms with Crippen molar-refractivity contribution >= 4 is 17.6 Å². The molecule has 2 heterocycles. The Morgan fingerprint density at radius 2 is 1.85 bits per heavy atom. The van der Waals surface area contributed by atoms with E-state index in [1.165, 1.54) is 17.2 Å². The maximum atomic E-state index is 12.9. The summed E-state index contributed by atoms with van der Waals surface area (Å²) in [5.74, 6) is -0.645. The van der Waals surface area contributed by atoms with E-state index in [-0.39, 0.29) is 23.9 Å². The first kappa shape index (κ1) is 22.7. The summed E-state index contributed by atoms with van der Waals surface area (Å²) >= 11 is 0. The van der Waals surface area contributed by atoms with Gasteiger partial charge < -0.3 is 20.5 Å². The Morgan fingerprint density at radius 3 is 2.58 bits per heavy atom. The minimum Gasteiger partial charge on any atom is -0.598 e. The van der Waals surface area contributed by atoms with Crippen LogP contribution in [0.25, 0.3) is 0 Å². The van der Waals surface area contributed by atoms with Gasteiger partial charge in [0.25, 0.3) is 5.91 Å². The van der Waals surface area contributed by atoms with Crippen LogP contribution < -0.4 is 11.1 Å². The van der Waals surface area contributed by atoms with Gasteiger partial charge in [-0.1, -0.05) is 54.6 Å². The van der Waals surface area contributed by atoms with Gasteiger partial charge >= 0.3 is 0 Å². The van der Waals surface area contributed by atoms with Crippen molar-refractivity contribution in [1.29, 1.82) is 0 Å². The van der Waals surface area contributed by atoms with E-state index < -0.39 is 11.9 Å². The second kappa shape index (κ2) is 9.97. The average Bonchev–Trinajstić information content (AvgIpc) is 3.18. The molecule has 0 saturated carbocycles. The molecule has 0 aromatic heterocycles. The normalized spacial score (nSPS) is 18.4. The summed E-state index contributed by atoms with van der Waals surface area (Å²) in [6.07, 6.45) is 3.70. The quantitative estimate of drug-likeness (QED) is 0.300.